The second-order valence-electron chi connectivity index (χ2n) is 3.21. The van der Waals surface area contributed by atoms with Crippen molar-refractivity contribution in [3.05, 3.63) is 39.9 Å². The van der Waals surface area contributed by atoms with E-state index >= 15 is 0 Å². The van der Waals surface area contributed by atoms with Crippen molar-refractivity contribution in [2.45, 2.75) is 6.10 Å². The summed E-state index contributed by atoms with van der Waals surface area (Å²) in [6, 6.07) is 5.15. The maximum atomic E-state index is 11.4. The highest BCUT2D eigenvalue weighted by Crippen LogP contribution is 2.13. The average molecular weight is 260 g/mol. The summed E-state index contributed by atoms with van der Waals surface area (Å²) in [5, 5.41) is 19.6. The second kappa shape index (κ2) is 6.17. The lowest BCUT2D eigenvalue weighted by Crippen LogP contribution is -2.19. The number of benzene rings is 1. The van der Waals surface area contributed by atoms with Gasteiger partial charge in [-0.2, -0.15) is 0 Å². The minimum Gasteiger partial charge on any atom is -0.459 e. The van der Waals surface area contributed by atoms with Crippen LogP contribution in [0.3, 0.4) is 0 Å². The molecule has 1 N–H and O–H groups in total. The number of aliphatic hydroxyl groups excluding tert-OH is 1. The third-order valence-electron chi connectivity index (χ3n) is 1.88. The number of carbonyl (C=O) groups excluding carboxylic acids is 1. The van der Waals surface area contributed by atoms with Crippen LogP contribution in [0.5, 0.6) is 0 Å². The van der Waals surface area contributed by atoms with Crippen molar-refractivity contribution >= 4 is 23.3 Å². The molecule has 1 atom stereocenters. The van der Waals surface area contributed by atoms with Crippen LogP contribution in [0.25, 0.3) is 0 Å². The van der Waals surface area contributed by atoms with Gasteiger partial charge in [-0.1, -0.05) is 6.07 Å². The Labute approximate surface area is 102 Å². The normalized spacial score (nSPS) is 11.9. The van der Waals surface area contributed by atoms with E-state index in [0.29, 0.717) is 0 Å². The fourth-order valence-corrected chi connectivity index (χ4v) is 1.14. The standard InChI is InChI=1S/C10H10ClNO5/c11-5-9(13)6-17-10(14)7-2-1-3-8(4-7)12(15)16/h1-4,9,13H,5-6H2. The van der Waals surface area contributed by atoms with E-state index in [1.54, 1.807) is 0 Å². The number of alkyl halides is 1. The molecule has 0 aliphatic carbocycles. The van der Waals surface area contributed by atoms with Crippen LogP contribution in [0.2, 0.25) is 0 Å². The van der Waals surface area contributed by atoms with Crippen molar-refractivity contribution in [1.29, 1.82) is 0 Å². The highest BCUT2D eigenvalue weighted by atomic mass is 35.5. The number of carbonyl (C=O) groups is 1. The van der Waals surface area contributed by atoms with Crippen molar-refractivity contribution in [3.63, 3.8) is 0 Å². The van der Waals surface area contributed by atoms with Gasteiger partial charge in [-0.25, -0.2) is 4.79 Å². The first-order valence-corrected chi connectivity index (χ1v) is 5.23. The Hall–Kier alpha value is -1.66. The zero-order chi connectivity index (χ0) is 12.8. The maximum absolute atomic E-state index is 11.4. The van der Waals surface area contributed by atoms with Crippen LogP contribution in [-0.2, 0) is 4.74 Å². The Morgan fingerprint density at radius 2 is 2.29 bits per heavy atom. The van der Waals surface area contributed by atoms with Gasteiger partial charge in [-0.3, -0.25) is 10.1 Å². The van der Waals surface area contributed by atoms with E-state index in [2.05, 4.69) is 0 Å². The second-order valence-corrected chi connectivity index (χ2v) is 3.52. The molecule has 0 aromatic heterocycles. The van der Waals surface area contributed by atoms with Gasteiger partial charge in [-0.05, 0) is 6.07 Å². The predicted octanol–water partition coefficient (Wildman–Crippen LogP) is 1.35. The van der Waals surface area contributed by atoms with E-state index in [1.165, 1.54) is 18.2 Å². The van der Waals surface area contributed by atoms with Gasteiger partial charge in [0, 0.05) is 12.1 Å². The molecule has 1 aromatic rings. The molecule has 0 bridgehead atoms. The molecule has 1 rings (SSSR count). The van der Waals surface area contributed by atoms with E-state index in [-0.39, 0.29) is 23.7 Å². The first-order valence-electron chi connectivity index (χ1n) is 4.70. The van der Waals surface area contributed by atoms with Gasteiger partial charge in [0.2, 0.25) is 0 Å². The Morgan fingerprint density at radius 3 is 2.88 bits per heavy atom. The predicted molar refractivity (Wildman–Crippen MR) is 60.1 cm³/mol. The van der Waals surface area contributed by atoms with Gasteiger partial charge < -0.3 is 9.84 Å². The molecule has 1 aromatic carbocycles. The number of ether oxygens (including phenoxy) is 1. The minimum absolute atomic E-state index is 0.0534. The summed E-state index contributed by atoms with van der Waals surface area (Å²) in [5.74, 6) is -0.791. The molecular weight excluding hydrogens is 250 g/mol. The molecule has 0 spiro atoms. The van der Waals surface area contributed by atoms with Crippen molar-refractivity contribution in [2.75, 3.05) is 12.5 Å². The number of nitrogens with zero attached hydrogens (tertiary/aromatic N) is 1. The number of hydrogen-bond acceptors (Lipinski definition) is 5. The van der Waals surface area contributed by atoms with Crippen molar-refractivity contribution < 1.29 is 19.6 Å². The molecule has 92 valence electrons. The Balaban J connectivity index is 2.69. The summed E-state index contributed by atoms with van der Waals surface area (Å²) in [6.07, 6.45) is -0.945. The number of rotatable bonds is 5. The molecule has 0 fully saturated rings. The number of hydrogen-bond donors (Lipinski definition) is 1. The van der Waals surface area contributed by atoms with Crippen LogP contribution >= 0.6 is 11.6 Å². The highest BCUT2D eigenvalue weighted by Gasteiger charge is 2.13. The van der Waals surface area contributed by atoms with Gasteiger partial charge in [0.15, 0.2) is 0 Å². The average Bonchev–Trinajstić information content (AvgIpc) is 2.35. The first-order chi connectivity index (χ1) is 8.04. The van der Waals surface area contributed by atoms with Crippen molar-refractivity contribution in [3.8, 4) is 0 Å². The molecule has 0 aliphatic heterocycles. The van der Waals surface area contributed by atoms with Crippen LogP contribution < -0.4 is 0 Å². The molecule has 0 saturated carbocycles. The largest absolute Gasteiger partial charge is 0.459 e. The quantitative estimate of drug-likeness (QED) is 0.373. The Kier molecular flexibility index (Phi) is 4.86. The third kappa shape index (κ3) is 4.01. The Morgan fingerprint density at radius 1 is 1.59 bits per heavy atom. The zero-order valence-electron chi connectivity index (χ0n) is 8.71. The SMILES string of the molecule is O=C(OCC(O)CCl)c1cccc([N+](=O)[O-])c1. The third-order valence-corrected chi connectivity index (χ3v) is 2.23. The minimum atomic E-state index is -0.945. The molecule has 6 nitrogen and oxygen atoms in total. The number of esters is 1. The molecule has 1 unspecified atom stereocenters. The number of nitro benzene ring substituents is 1. The van der Waals surface area contributed by atoms with Gasteiger partial charge in [0.1, 0.15) is 12.7 Å². The topological polar surface area (TPSA) is 89.7 Å². The number of aliphatic hydroxyl groups is 1. The summed E-state index contributed by atoms with van der Waals surface area (Å²) >= 11 is 5.32. The van der Waals surface area contributed by atoms with Gasteiger partial charge in [-0.15, -0.1) is 11.6 Å². The molecule has 0 aliphatic rings. The van der Waals surface area contributed by atoms with E-state index in [0.717, 1.165) is 6.07 Å². The summed E-state index contributed by atoms with van der Waals surface area (Å²) in [4.78, 5) is 21.3. The summed E-state index contributed by atoms with van der Waals surface area (Å²) < 4.78 is 4.72. The first kappa shape index (κ1) is 13.4. The van der Waals surface area contributed by atoms with E-state index in [4.69, 9.17) is 21.4 Å². The van der Waals surface area contributed by atoms with Crippen LogP contribution in [0.1, 0.15) is 10.4 Å². The number of nitro groups is 1. The summed E-state index contributed by atoms with van der Waals surface area (Å²) in [6.45, 7) is -0.245. The van der Waals surface area contributed by atoms with E-state index in [1.807, 2.05) is 0 Å². The fraction of sp³-hybridized carbons (Fsp3) is 0.300. The van der Waals surface area contributed by atoms with Crippen LogP contribution in [0, 0.1) is 10.1 Å². The van der Waals surface area contributed by atoms with Crippen molar-refractivity contribution in [1.82, 2.24) is 0 Å². The molecule has 7 heteroatoms. The summed E-state index contributed by atoms with van der Waals surface area (Å²) in [7, 11) is 0. The molecule has 0 saturated heterocycles. The zero-order valence-corrected chi connectivity index (χ0v) is 9.46. The lowest BCUT2D eigenvalue weighted by Gasteiger charge is -2.07. The highest BCUT2D eigenvalue weighted by molar-refractivity contribution is 6.18. The van der Waals surface area contributed by atoms with Crippen LogP contribution in [0.4, 0.5) is 5.69 Å². The lowest BCUT2D eigenvalue weighted by molar-refractivity contribution is -0.384. The van der Waals surface area contributed by atoms with Gasteiger partial charge >= 0.3 is 5.97 Å². The fourth-order valence-electron chi connectivity index (χ4n) is 1.05. The van der Waals surface area contributed by atoms with E-state index in [9.17, 15) is 14.9 Å². The molecule has 0 heterocycles. The maximum Gasteiger partial charge on any atom is 0.338 e. The van der Waals surface area contributed by atoms with Gasteiger partial charge in [0.05, 0.1) is 16.4 Å². The lowest BCUT2D eigenvalue weighted by atomic mass is 10.2. The van der Waals surface area contributed by atoms with Crippen molar-refractivity contribution in [2.24, 2.45) is 0 Å². The number of halogens is 1. The molecule has 17 heavy (non-hydrogen) atoms. The van der Waals surface area contributed by atoms with Crippen LogP contribution in [0.15, 0.2) is 24.3 Å². The van der Waals surface area contributed by atoms with Crippen LogP contribution in [-0.4, -0.2) is 34.6 Å². The molecule has 0 radical (unpaired) electrons. The Bertz CT molecular complexity index is 423. The molecule has 0 amide bonds. The van der Waals surface area contributed by atoms with E-state index < -0.39 is 17.0 Å². The summed E-state index contributed by atoms with van der Waals surface area (Å²) in [5.41, 5.74) is -0.140. The molecular formula is C10H10ClNO5. The van der Waals surface area contributed by atoms with Gasteiger partial charge in [0.25, 0.3) is 5.69 Å². The smallest absolute Gasteiger partial charge is 0.338 e. The number of non-ortho nitro benzene ring substituents is 1. The monoisotopic (exact) mass is 259 g/mol.